The molecule has 0 radical (unpaired) electrons. The topological polar surface area (TPSA) is 46.6 Å². The van der Waals surface area contributed by atoms with Crippen LogP contribution in [0.4, 0.5) is 14.5 Å². The molecule has 0 unspecified atom stereocenters. The number of rotatable bonds is 5. The van der Waals surface area contributed by atoms with E-state index in [1.807, 2.05) is 0 Å². The van der Waals surface area contributed by atoms with E-state index in [-0.39, 0.29) is 16.8 Å². The molecule has 0 saturated heterocycles. The standard InChI is InChI=1S/C19H17F2NO3/c1-25-19(24)15-3-2-4-16(17(15)21)22(11-12-5-6-12)18(23)13-7-9-14(20)10-8-13/h2-4,7-10,12H,5-6,11H2,1H3. The Morgan fingerprint density at radius 3 is 2.40 bits per heavy atom. The quantitative estimate of drug-likeness (QED) is 0.774. The predicted molar refractivity (Wildman–Crippen MR) is 88.5 cm³/mol. The molecule has 0 bridgehead atoms. The fourth-order valence-electron chi connectivity index (χ4n) is 2.59. The van der Waals surface area contributed by atoms with Crippen LogP contribution in [0, 0.1) is 17.6 Å². The van der Waals surface area contributed by atoms with Crippen molar-refractivity contribution >= 4 is 17.6 Å². The first-order valence-electron chi connectivity index (χ1n) is 7.95. The number of anilines is 1. The van der Waals surface area contributed by atoms with Crippen molar-refractivity contribution in [1.29, 1.82) is 0 Å². The molecule has 2 aromatic rings. The highest BCUT2D eigenvalue weighted by Gasteiger charge is 2.30. The van der Waals surface area contributed by atoms with Crippen LogP contribution in [0.1, 0.15) is 33.6 Å². The van der Waals surface area contributed by atoms with Crippen molar-refractivity contribution in [3.63, 3.8) is 0 Å². The third-order valence-corrected chi connectivity index (χ3v) is 4.15. The molecule has 4 nitrogen and oxygen atoms in total. The highest BCUT2D eigenvalue weighted by Crippen LogP contribution is 2.33. The van der Waals surface area contributed by atoms with Gasteiger partial charge in [0.2, 0.25) is 0 Å². The number of benzene rings is 2. The maximum atomic E-state index is 14.8. The van der Waals surface area contributed by atoms with Crippen LogP contribution in [-0.2, 0) is 4.74 Å². The monoisotopic (exact) mass is 345 g/mol. The van der Waals surface area contributed by atoms with E-state index in [9.17, 15) is 18.4 Å². The number of hydrogen-bond acceptors (Lipinski definition) is 3. The first-order valence-corrected chi connectivity index (χ1v) is 7.95. The van der Waals surface area contributed by atoms with E-state index in [1.165, 1.54) is 54.5 Å². The van der Waals surface area contributed by atoms with Gasteiger partial charge in [-0.2, -0.15) is 0 Å². The Labute approximate surface area is 144 Å². The zero-order chi connectivity index (χ0) is 18.0. The molecular weight excluding hydrogens is 328 g/mol. The second kappa shape index (κ2) is 7.01. The summed E-state index contributed by atoms with van der Waals surface area (Å²) in [6.07, 6.45) is 1.93. The van der Waals surface area contributed by atoms with Crippen LogP contribution in [-0.4, -0.2) is 25.5 Å². The minimum atomic E-state index is -0.806. The Morgan fingerprint density at radius 2 is 1.80 bits per heavy atom. The molecular formula is C19H17F2NO3. The first kappa shape index (κ1) is 17.1. The molecule has 130 valence electrons. The van der Waals surface area contributed by atoms with E-state index >= 15 is 0 Å². The van der Waals surface area contributed by atoms with Crippen molar-refractivity contribution in [2.24, 2.45) is 5.92 Å². The molecule has 0 N–H and O–H groups in total. The Balaban J connectivity index is 2.00. The van der Waals surface area contributed by atoms with Crippen LogP contribution in [0.5, 0.6) is 0 Å². The Bertz CT molecular complexity index is 801. The lowest BCUT2D eigenvalue weighted by Gasteiger charge is -2.24. The van der Waals surface area contributed by atoms with E-state index in [4.69, 9.17) is 0 Å². The lowest BCUT2D eigenvalue weighted by atomic mass is 10.1. The second-order valence-corrected chi connectivity index (χ2v) is 6.00. The molecule has 1 fully saturated rings. The van der Waals surface area contributed by atoms with Gasteiger partial charge in [0.1, 0.15) is 5.82 Å². The highest BCUT2D eigenvalue weighted by atomic mass is 19.1. The number of amides is 1. The summed E-state index contributed by atoms with van der Waals surface area (Å²) in [5, 5.41) is 0. The van der Waals surface area contributed by atoms with Crippen molar-refractivity contribution < 1.29 is 23.1 Å². The van der Waals surface area contributed by atoms with E-state index in [0.717, 1.165) is 12.8 Å². The number of nitrogens with zero attached hydrogens (tertiary/aromatic N) is 1. The lowest BCUT2D eigenvalue weighted by Crippen LogP contribution is -2.34. The number of ether oxygens (including phenoxy) is 1. The number of carbonyl (C=O) groups excluding carboxylic acids is 2. The molecule has 1 amide bonds. The molecule has 1 aliphatic carbocycles. The van der Waals surface area contributed by atoms with Gasteiger partial charge in [-0.15, -0.1) is 0 Å². The van der Waals surface area contributed by atoms with Crippen molar-refractivity contribution in [2.75, 3.05) is 18.6 Å². The maximum Gasteiger partial charge on any atom is 0.340 e. The van der Waals surface area contributed by atoms with Gasteiger partial charge < -0.3 is 9.64 Å². The summed E-state index contributed by atoms with van der Waals surface area (Å²) >= 11 is 0. The van der Waals surface area contributed by atoms with E-state index in [1.54, 1.807) is 0 Å². The van der Waals surface area contributed by atoms with Gasteiger partial charge >= 0.3 is 5.97 Å². The van der Waals surface area contributed by atoms with Gasteiger partial charge in [-0.1, -0.05) is 6.07 Å². The molecule has 6 heteroatoms. The largest absolute Gasteiger partial charge is 0.465 e. The molecule has 1 aliphatic rings. The zero-order valence-corrected chi connectivity index (χ0v) is 13.7. The van der Waals surface area contributed by atoms with Crippen LogP contribution < -0.4 is 4.90 Å². The fraction of sp³-hybridized carbons (Fsp3) is 0.263. The predicted octanol–water partition coefficient (Wildman–Crippen LogP) is 3.81. The van der Waals surface area contributed by atoms with Crippen LogP contribution >= 0.6 is 0 Å². The molecule has 0 spiro atoms. The highest BCUT2D eigenvalue weighted by molar-refractivity contribution is 6.06. The Morgan fingerprint density at radius 1 is 1.12 bits per heavy atom. The number of halogens is 2. The summed E-state index contributed by atoms with van der Waals surface area (Å²) in [5.74, 6) is -2.20. The molecule has 1 saturated carbocycles. The molecule has 0 heterocycles. The minimum Gasteiger partial charge on any atom is -0.465 e. The van der Waals surface area contributed by atoms with Crippen LogP contribution in [0.15, 0.2) is 42.5 Å². The van der Waals surface area contributed by atoms with Gasteiger partial charge in [0.25, 0.3) is 5.91 Å². The van der Waals surface area contributed by atoms with Crippen LogP contribution in [0.3, 0.4) is 0 Å². The molecule has 25 heavy (non-hydrogen) atoms. The van der Waals surface area contributed by atoms with Gasteiger partial charge in [0.05, 0.1) is 18.4 Å². The van der Waals surface area contributed by atoms with Crippen molar-refractivity contribution in [3.8, 4) is 0 Å². The normalized spacial score (nSPS) is 13.4. The third kappa shape index (κ3) is 3.68. The zero-order valence-electron chi connectivity index (χ0n) is 13.7. The third-order valence-electron chi connectivity index (χ3n) is 4.15. The van der Waals surface area contributed by atoms with Crippen molar-refractivity contribution in [3.05, 3.63) is 65.2 Å². The molecule has 3 rings (SSSR count). The average molecular weight is 345 g/mol. The van der Waals surface area contributed by atoms with Crippen LogP contribution in [0.25, 0.3) is 0 Å². The molecule has 2 aromatic carbocycles. The van der Waals surface area contributed by atoms with Crippen molar-refractivity contribution in [1.82, 2.24) is 0 Å². The molecule has 0 atom stereocenters. The Kier molecular flexibility index (Phi) is 4.79. The van der Waals surface area contributed by atoms with Crippen LogP contribution in [0.2, 0.25) is 0 Å². The summed E-state index contributed by atoms with van der Waals surface area (Å²) in [6, 6.07) is 9.35. The summed E-state index contributed by atoms with van der Waals surface area (Å²) in [4.78, 5) is 25.9. The van der Waals surface area contributed by atoms with E-state index in [2.05, 4.69) is 4.74 Å². The molecule has 0 aliphatic heterocycles. The maximum absolute atomic E-state index is 14.8. The van der Waals surface area contributed by atoms with Gasteiger partial charge in [-0.05, 0) is 55.2 Å². The molecule has 0 aromatic heterocycles. The van der Waals surface area contributed by atoms with E-state index < -0.39 is 23.5 Å². The van der Waals surface area contributed by atoms with Gasteiger partial charge in [0, 0.05) is 12.1 Å². The minimum absolute atomic E-state index is 0.0177. The Hall–Kier alpha value is -2.76. The van der Waals surface area contributed by atoms with Gasteiger partial charge in [-0.3, -0.25) is 4.79 Å². The number of esters is 1. The first-order chi connectivity index (χ1) is 12.0. The van der Waals surface area contributed by atoms with E-state index in [0.29, 0.717) is 12.5 Å². The average Bonchev–Trinajstić information content (AvgIpc) is 3.44. The SMILES string of the molecule is COC(=O)c1cccc(N(CC2CC2)C(=O)c2ccc(F)cc2)c1F. The summed E-state index contributed by atoms with van der Waals surface area (Å²) < 4.78 is 32.5. The van der Waals surface area contributed by atoms with Gasteiger partial charge in [-0.25, -0.2) is 13.6 Å². The smallest absolute Gasteiger partial charge is 0.340 e. The number of hydrogen-bond donors (Lipinski definition) is 0. The second-order valence-electron chi connectivity index (χ2n) is 6.00. The fourth-order valence-corrected chi connectivity index (χ4v) is 2.59. The summed E-state index contributed by atoms with van der Waals surface area (Å²) in [7, 11) is 1.17. The summed E-state index contributed by atoms with van der Waals surface area (Å²) in [5.41, 5.74) is 0.0433. The number of methoxy groups -OCH3 is 1. The number of carbonyl (C=O) groups is 2. The summed E-state index contributed by atoms with van der Waals surface area (Å²) in [6.45, 7) is 0.345. The lowest BCUT2D eigenvalue weighted by molar-refractivity contribution is 0.0595. The van der Waals surface area contributed by atoms with Crippen molar-refractivity contribution in [2.45, 2.75) is 12.8 Å². The van der Waals surface area contributed by atoms with Gasteiger partial charge in [0.15, 0.2) is 5.82 Å².